The molecule has 2 aliphatic carbocycles. The summed E-state index contributed by atoms with van der Waals surface area (Å²) < 4.78 is 0. The van der Waals surface area contributed by atoms with Gasteiger partial charge in [0.25, 0.3) is 0 Å². The molecule has 0 aromatic heterocycles. The van der Waals surface area contributed by atoms with Crippen LogP contribution in [0.2, 0.25) is 0 Å². The average molecular weight is 238 g/mol. The fourth-order valence-electron chi connectivity index (χ4n) is 3.75. The molecule has 3 N–H and O–H groups in total. The molecule has 0 radical (unpaired) electrons. The third-order valence-corrected chi connectivity index (χ3v) is 4.62. The van der Waals surface area contributed by atoms with Crippen molar-refractivity contribution in [3.8, 4) is 0 Å². The van der Waals surface area contributed by atoms with Gasteiger partial charge in [0.05, 0.1) is 0 Å². The van der Waals surface area contributed by atoms with E-state index in [2.05, 4.69) is 12.2 Å². The number of carbonyl (C=O) groups excluding carboxylic acids is 1. The maximum absolute atomic E-state index is 12.0. The van der Waals surface area contributed by atoms with Crippen LogP contribution in [0.15, 0.2) is 0 Å². The van der Waals surface area contributed by atoms with Gasteiger partial charge in [0.1, 0.15) is 0 Å². The van der Waals surface area contributed by atoms with Gasteiger partial charge in [0, 0.05) is 19.0 Å². The Kier molecular flexibility index (Phi) is 4.43. The van der Waals surface area contributed by atoms with Gasteiger partial charge in [0.15, 0.2) is 0 Å². The zero-order valence-electron chi connectivity index (χ0n) is 11.0. The van der Waals surface area contributed by atoms with Gasteiger partial charge >= 0.3 is 0 Å². The number of carbonyl (C=O) groups is 1. The highest BCUT2D eigenvalue weighted by atomic mass is 16.1. The van der Waals surface area contributed by atoms with Crippen LogP contribution in [0.5, 0.6) is 0 Å². The van der Waals surface area contributed by atoms with Gasteiger partial charge < -0.3 is 11.1 Å². The highest BCUT2D eigenvalue weighted by Crippen LogP contribution is 2.49. The van der Waals surface area contributed by atoms with E-state index in [0.29, 0.717) is 12.5 Å². The van der Waals surface area contributed by atoms with Crippen molar-refractivity contribution in [1.82, 2.24) is 5.32 Å². The van der Waals surface area contributed by atoms with E-state index in [1.54, 1.807) is 0 Å². The maximum atomic E-state index is 12.0. The Balaban J connectivity index is 1.73. The van der Waals surface area contributed by atoms with Crippen molar-refractivity contribution in [2.45, 2.75) is 57.9 Å². The second kappa shape index (κ2) is 5.85. The minimum atomic E-state index is 0.186. The highest BCUT2D eigenvalue weighted by molar-refractivity contribution is 5.76. The zero-order valence-corrected chi connectivity index (χ0v) is 11.0. The summed E-state index contributed by atoms with van der Waals surface area (Å²) in [5.41, 5.74) is 5.66. The van der Waals surface area contributed by atoms with Gasteiger partial charge in [-0.2, -0.15) is 0 Å². The Bertz CT molecular complexity index is 267. The van der Waals surface area contributed by atoms with Gasteiger partial charge in [0.2, 0.25) is 5.91 Å². The van der Waals surface area contributed by atoms with E-state index in [4.69, 9.17) is 5.73 Å². The summed E-state index contributed by atoms with van der Waals surface area (Å²) in [4.78, 5) is 12.0. The van der Waals surface area contributed by atoms with Gasteiger partial charge in [-0.15, -0.1) is 0 Å². The second-order valence-electron chi connectivity index (χ2n) is 5.93. The number of nitrogens with two attached hydrogens (primary N) is 1. The summed E-state index contributed by atoms with van der Waals surface area (Å²) in [7, 11) is 0. The molecule has 0 aliphatic heterocycles. The molecule has 2 bridgehead atoms. The van der Waals surface area contributed by atoms with Crippen molar-refractivity contribution < 1.29 is 4.79 Å². The molecular formula is C14H26N2O. The summed E-state index contributed by atoms with van der Waals surface area (Å²) in [5.74, 6) is 2.66. The SMILES string of the molecule is CCCC(CN)NC(=O)CC1CC2CCC1C2. The van der Waals surface area contributed by atoms with E-state index in [1.807, 2.05) is 0 Å². The number of hydrogen-bond donors (Lipinski definition) is 2. The molecule has 0 aromatic carbocycles. The van der Waals surface area contributed by atoms with E-state index >= 15 is 0 Å². The van der Waals surface area contributed by atoms with Gasteiger partial charge in [-0.3, -0.25) is 4.79 Å². The molecule has 2 saturated carbocycles. The highest BCUT2D eigenvalue weighted by Gasteiger charge is 2.40. The molecule has 1 amide bonds. The lowest BCUT2D eigenvalue weighted by Gasteiger charge is -2.22. The topological polar surface area (TPSA) is 55.1 Å². The molecule has 4 unspecified atom stereocenters. The molecule has 0 spiro atoms. The van der Waals surface area contributed by atoms with Crippen molar-refractivity contribution >= 4 is 5.91 Å². The molecule has 98 valence electrons. The first-order chi connectivity index (χ1) is 8.22. The van der Waals surface area contributed by atoms with Gasteiger partial charge in [-0.1, -0.05) is 19.8 Å². The summed E-state index contributed by atoms with van der Waals surface area (Å²) in [5, 5.41) is 3.09. The van der Waals surface area contributed by atoms with E-state index in [1.165, 1.54) is 25.7 Å². The van der Waals surface area contributed by atoms with Crippen LogP contribution in [0.25, 0.3) is 0 Å². The molecule has 17 heavy (non-hydrogen) atoms. The number of rotatable bonds is 6. The molecule has 0 saturated heterocycles. The number of amides is 1. The van der Waals surface area contributed by atoms with Crippen molar-refractivity contribution in [2.24, 2.45) is 23.5 Å². The Morgan fingerprint density at radius 2 is 2.24 bits per heavy atom. The smallest absolute Gasteiger partial charge is 0.220 e. The van der Waals surface area contributed by atoms with E-state index in [0.717, 1.165) is 31.1 Å². The molecule has 4 atom stereocenters. The van der Waals surface area contributed by atoms with Gasteiger partial charge in [-0.05, 0) is 43.4 Å². The summed E-state index contributed by atoms with van der Waals surface area (Å²) >= 11 is 0. The first-order valence-corrected chi connectivity index (χ1v) is 7.22. The Morgan fingerprint density at radius 3 is 2.76 bits per heavy atom. The van der Waals surface area contributed by atoms with Crippen LogP contribution in [0.1, 0.15) is 51.9 Å². The lowest BCUT2D eigenvalue weighted by atomic mass is 9.86. The molecule has 2 rings (SSSR count). The van der Waals surface area contributed by atoms with Crippen molar-refractivity contribution in [2.75, 3.05) is 6.54 Å². The van der Waals surface area contributed by atoms with Crippen LogP contribution in [0, 0.1) is 17.8 Å². The lowest BCUT2D eigenvalue weighted by Crippen LogP contribution is -2.41. The minimum Gasteiger partial charge on any atom is -0.352 e. The monoisotopic (exact) mass is 238 g/mol. The van der Waals surface area contributed by atoms with E-state index in [9.17, 15) is 4.79 Å². The fraction of sp³-hybridized carbons (Fsp3) is 0.929. The first kappa shape index (κ1) is 12.9. The minimum absolute atomic E-state index is 0.186. The third-order valence-electron chi connectivity index (χ3n) is 4.62. The predicted octanol–water partition coefficient (Wildman–Crippen LogP) is 2.06. The van der Waals surface area contributed by atoms with Crippen LogP contribution in [-0.2, 0) is 4.79 Å². The maximum Gasteiger partial charge on any atom is 0.220 e. The standard InChI is InChI=1S/C14H26N2O/c1-2-3-13(9-15)16-14(17)8-12-7-10-4-5-11(12)6-10/h10-13H,2-9,15H2,1H3,(H,16,17). The normalized spacial score (nSPS) is 32.7. The largest absolute Gasteiger partial charge is 0.352 e. The first-order valence-electron chi connectivity index (χ1n) is 7.22. The predicted molar refractivity (Wildman–Crippen MR) is 69.4 cm³/mol. The molecule has 2 fully saturated rings. The Labute approximate surface area is 105 Å². The molecule has 0 heterocycles. The number of fused-ring (bicyclic) bond motifs is 2. The molecular weight excluding hydrogens is 212 g/mol. The average Bonchev–Trinajstić information content (AvgIpc) is 2.90. The van der Waals surface area contributed by atoms with Crippen LogP contribution in [-0.4, -0.2) is 18.5 Å². The number of nitrogens with one attached hydrogen (secondary N) is 1. The molecule has 3 nitrogen and oxygen atoms in total. The summed E-state index contributed by atoms with van der Waals surface area (Å²) in [6.45, 7) is 2.70. The van der Waals surface area contributed by atoms with Crippen LogP contribution in [0.3, 0.4) is 0 Å². The van der Waals surface area contributed by atoms with Crippen molar-refractivity contribution in [3.63, 3.8) is 0 Å². The van der Waals surface area contributed by atoms with Crippen molar-refractivity contribution in [3.05, 3.63) is 0 Å². The van der Waals surface area contributed by atoms with E-state index < -0.39 is 0 Å². The summed E-state index contributed by atoms with van der Waals surface area (Å²) in [6, 6.07) is 0.186. The zero-order chi connectivity index (χ0) is 12.3. The van der Waals surface area contributed by atoms with Crippen LogP contribution in [0.4, 0.5) is 0 Å². The fourth-order valence-corrected chi connectivity index (χ4v) is 3.75. The molecule has 3 heteroatoms. The third kappa shape index (κ3) is 3.21. The Morgan fingerprint density at radius 1 is 1.41 bits per heavy atom. The van der Waals surface area contributed by atoms with Gasteiger partial charge in [-0.25, -0.2) is 0 Å². The molecule has 2 aliphatic rings. The number of hydrogen-bond acceptors (Lipinski definition) is 2. The molecule has 0 aromatic rings. The van der Waals surface area contributed by atoms with Crippen molar-refractivity contribution in [1.29, 1.82) is 0 Å². The lowest BCUT2D eigenvalue weighted by molar-refractivity contribution is -0.123. The quantitative estimate of drug-likeness (QED) is 0.744. The van der Waals surface area contributed by atoms with Crippen LogP contribution >= 0.6 is 0 Å². The van der Waals surface area contributed by atoms with Crippen LogP contribution < -0.4 is 11.1 Å². The summed E-state index contributed by atoms with van der Waals surface area (Å²) in [6.07, 6.45) is 8.25. The Hall–Kier alpha value is -0.570. The van der Waals surface area contributed by atoms with E-state index in [-0.39, 0.29) is 11.9 Å². The second-order valence-corrected chi connectivity index (χ2v) is 5.93.